The van der Waals surface area contributed by atoms with Crippen molar-refractivity contribution in [3.05, 3.63) is 0 Å². The number of hydrogen-bond donors (Lipinski definition) is 2. The Bertz CT molecular complexity index is 539. The van der Waals surface area contributed by atoms with Crippen LogP contribution >= 0.6 is 35.7 Å². The summed E-state index contributed by atoms with van der Waals surface area (Å²) in [7, 11) is -3.19. The number of nitrogens with one attached hydrogen (secondary N) is 2. The van der Waals surface area contributed by atoms with Crippen molar-refractivity contribution in [1.82, 2.24) is 14.9 Å². The first kappa shape index (κ1) is 24.3. The van der Waals surface area contributed by atoms with Crippen molar-refractivity contribution in [2.24, 2.45) is 10.4 Å². The van der Waals surface area contributed by atoms with Crippen molar-refractivity contribution in [3.63, 3.8) is 0 Å². The zero-order chi connectivity index (χ0) is 18.3. The number of sulfonamides is 1. The number of guanidine groups is 1. The number of nitrogens with zero attached hydrogens (tertiary/aromatic N) is 2. The zero-order valence-electron chi connectivity index (χ0n) is 16.3. The van der Waals surface area contributed by atoms with Crippen LogP contribution in [0.2, 0.25) is 0 Å². The third-order valence-electron chi connectivity index (χ3n) is 5.01. The molecule has 0 amide bonds. The van der Waals surface area contributed by atoms with E-state index in [1.54, 1.807) is 4.31 Å². The number of rotatable bonds is 6. The normalized spacial score (nSPS) is 22.5. The Balaban J connectivity index is 0.00000338. The molecule has 0 unspecified atom stereocenters. The maximum absolute atomic E-state index is 12.4. The number of halogens is 1. The number of aliphatic imine (C=N–C) groups is 1. The molecule has 154 valence electrons. The van der Waals surface area contributed by atoms with Gasteiger partial charge in [-0.25, -0.2) is 12.7 Å². The molecule has 1 saturated heterocycles. The molecular formula is C17H35IN4O2S2. The second-order valence-corrected chi connectivity index (χ2v) is 11.0. The Morgan fingerprint density at radius 1 is 1.23 bits per heavy atom. The van der Waals surface area contributed by atoms with E-state index in [1.165, 1.54) is 12.8 Å². The number of hydrogen-bond acceptors (Lipinski definition) is 4. The third-order valence-corrected chi connectivity index (χ3v) is 7.80. The van der Waals surface area contributed by atoms with Gasteiger partial charge in [-0.3, -0.25) is 4.99 Å². The fraction of sp³-hybridized carbons (Fsp3) is 0.941. The van der Waals surface area contributed by atoms with E-state index >= 15 is 0 Å². The van der Waals surface area contributed by atoms with Crippen LogP contribution in [-0.4, -0.2) is 68.2 Å². The van der Waals surface area contributed by atoms with Gasteiger partial charge in [0.1, 0.15) is 0 Å². The minimum Gasteiger partial charge on any atom is -0.357 e. The summed E-state index contributed by atoms with van der Waals surface area (Å²) in [5, 5.41) is 6.73. The molecule has 26 heavy (non-hydrogen) atoms. The van der Waals surface area contributed by atoms with Crippen LogP contribution in [0.4, 0.5) is 0 Å². The van der Waals surface area contributed by atoms with Crippen molar-refractivity contribution < 1.29 is 8.42 Å². The average molecular weight is 519 g/mol. The van der Waals surface area contributed by atoms with Gasteiger partial charge in [0.25, 0.3) is 0 Å². The van der Waals surface area contributed by atoms with Crippen LogP contribution in [0.25, 0.3) is 0 Å². The van der Waals surface area contributed by atoms with Gasteiger partial charge >= 0.3 is 0 Å². The Morgan fingerprint density at radius 2 is 1.85 bits per heavy atom. The Morgan fingerprint density at radius 3 is 2.42 bits per heavy atom. The first-order valence-corrected chi connectivity index (χ1v) is 12.2. The summed E-state index contributed by atoms with van der Waals surface area (Å²) < 4.78 is 26.4. The smallest absolute Gasteiger partial charge is 0.215 e. The molecule has 2 N–H and O–H groups in total. The fourth-order valence-electron chi connectivity index (χ4n) is 3.28. The van der Waals surface area contributed by atoms with E-state index < -0.39 is 10.0 Å². The molecule has 0 radical (unpaired) electrons. The summed E-state index contributed by atoms with van der Waals surface area (Å²) in [6, 6.07) is 0.432. The topological polar surface area (TPSA) is 73.8 Å². The molecular weight excluding hydrogens is 483 g/mol. The van der Waals surface area contributed by atoms with Gasteiger partial charge in [-0.15, -0.1) is 24.0 Å². The molecule has 0 spiro atoms. The van der Waals surface area contributed by atoms with Crippen molar-refractivity contribution >= 4 is 51.7 Å². The van der Waals surface area contributed by atoms with E-state index in [1.807, 2.05) is 18.7 Å². The first-order valence-electron chi connectivity index (χ1n) is 9.43. The Kier molecular flexibility index (Phi) is 10.6. The van der Waals surface area contributed by atoms with Gasteiger partial charge in [0.2, 0.25) is 10.0 Å². The highest BCUT2D eigenvalue weighted by Crippen LogP contribution is 2.34. The van der Waals surface area contributed by atoms with E-state index in [2.05, 4.69) is 29.5 Å². The molecule has 2 rings (SSSR count). The van der Waals surface area contributed by atoms with Crippen molar-refractivity contribution in [2.75, 3.05) is 43.4 Å². The molecule has 1 saturated carbocycles. The van der Waals surface area contributed by atoms with Gasteiger partial charge in [0.05, 0.1) is 12.3 Å². The van der Waals surface area contributed by atoms with Gasteiger partial charge in [0, 0.05) is 37.2 Å². The number of thioether (sulfide) groups is 1. The van der Waals surface area contributed by atoms with E-state index in [0.29, 0.717) is 31.1 Å². The molecule has 2 aliphatic rings. The van der Waals surface area contributed by atoms with E-state index in [0.717, 1.165) is 36.9 Å². The molecule has 0 aromatic rings. The SMILES string of the molecule is CCNC(=NCCS(=O)(=O)N1CCSCC1)NC1CCC(C)(C)CC1.I. The lowest BCUT2D eigenvalue weighted by Gasteiger charge is -2.35. The van der Waals surface area contributed by atoms with Gasteiger partial charge < -0.3 is 10.6 Å². The van der Waals surface area contributed by atoms with Crippen molar-refractivity contribution in [2.45, 2.75) is 52.5 Å². The summed E-state index contributed by atoms with van der Waals surface area (Å²) in [5.41, 5.74) is 0.439. The van der Waals surface area contributed by atoms with Crippen LogP contribution < -0.4 is 10.6 Å². The third kappa shape index (κ3) is 8.10. The molecule has 1 aliphatic carbocycles. The Labute approximate surface area is 180 Å². The summed E-state index contributed by atoms with van der Waals surface area (Å²) in [4.78, 5) is 4.51. The molecule has 0 atom stereocenters. The molecule has 6 nitrogen and oxygen atoms in total. The maximum Gasteiger partial charge on any atom is 0.215 e. The van der Waals surface area contributed by atoms with E-state index in [9.17, 15) is 8.42 Å². The van der Waals surface area contributed by atoms with Crippen LogP contribution in [0.3, 0.4) is 0 Å². The monoisotopic (exact) mass is 518 g/mol. The standard InChI is InChI=1S/C17H34N4O2S2.HI/c1-4-18-16(20-15-5-7-17(2,3)8-6-15)19-9-14-25(22,23)21-10-12-24-13-11-21;/h15H,4-14H2,1-3H3,(H2,18,19,20);1H. The highest BCUT2D eigenvalue weighted by Gasteiger charge is 2.27. The van der Waals surface area contributed by atoms with Crippen LogP contribution in [0, 0.1) is 5.41 Å². The van der Waals surface area contributed by atoms with Crippen LogP contribution in [0.5, 0.6) is 0 Å². The lowest BCUT2D eigenvalue weighted by molar-refractivity contribution is 0.216. The lowest BCUT2D eigenvalue weighted by Crippen LogP contribution is -2.46. The highest BCUT2D eigenvalue weighted by molar-refractivity contribution is 14.0. The van der Waals surface area contributed by atoms with E-state index in [-0.39, 0.29) is 29.7 Å². The second-order valence-electron chi connectivity index (χ2n) is 7.67. The fourth-order valence-corrected chi connectivity index (χ4v) is 5.74. The molecule has 2 fully saturated rings. The molecule has 0 bridgehead atoms. The Hall–Kier alpha value is 0.260. The minimum atomic E-state index is -3.19. The molecule has 0 aromatic carbocycles. The average Bonchev–Trinajstić information content (AvgIpc) is 2.57. The molecule has 9 heteroatoms. The second kappa shape index (κ2) is 11.3. The largest absolute Gasteiger partial charge is 0.357 e. The van der Waals surface area contributed by atoms with Gasteiger partial charge in [-0.2, -0.15) is 11.8 Å². The molecule has 1 heterocycles. The molecule has 1 aliphatic heterocycles. The van der Waals surface area contributed by atoms with Crippen molar-refractivity contribution in [3.8, 4) is 0 Å². The van der Waals surface area contributed by atoms with E-state index in [4.69, 9.17) is 0 Å². The zero-order valence-corrected chi connectivity index (χ0v) is 20.3. The summed E-state index contributed by atoms with van der Waals surface area (Å²) in [6.07, 6.45) is 4.71. The minimum absolute atomic E-state index is 0. The van der Waals surface area contributed by atoms with Crippen LogP contribution in [-0.2, 0) is 10.0 Å². The summed E-state index contributed by atoms with van der Waals surface area (Å²) in [5.74, 6) is 2.62. The van der Waals surface area contributed by atoms with Crippen molar-refractivity contribution in [1.29, 1.82) is 0 Å². The van der Waals surface area contributed by atoms with Gasteiger partial charge in [-0.05, 0) is 38.0 Å². The molecule has 0 aromatic heterocycles. The highest BCUT2D eigenvalue weighted by atomic mass is 127. The lowest BCUT2D eigenvalue weighted by atomic mass is 9.75. The summed E-state index contributed by atoms with van der Waals surface area (Å²) in [6.45, 7) is 9.03. The van der Waals surface area contributed by atoms with Gasteiger partial charge in [0.15, 0.2) is 5.96 Å². The predicted molar refractivity (Wildman–Crippen MR) is 123 cm³/mol. The quantitative estimate of drug-likeness (QED) is 0.321. The van der Waals surface area contributed by atoms with Crippen LogP contribution in [0.1, 0.15) is 46.5 Å². The predicted octanol–water partition coefficient (Wildman–Crippen LogP) is 2.51. The maximum atomic E-state index is 12.4. The first-order chi connectivity index (χ1) is 11.8. The van der Waals surface area contributed by atoms with Crippen LogP contribution in [0.15, 0.2) is 4.99 Å². The summed E-state index contributed by atoms with van der Waals surface area (Å²) >= 11 is 1.82. The van der Waals surface area contributed by atoms with Gasteiger partial charge in [-0.1, -0.05) is 13.8 Å².